The third kappa shape index (κ3) is 3.98. The number of rotatable bonds is 6. The van der Waals surface area contributed by atoms with Crippen molar-refractivity contribution in [3.05, 3.63) is 28.2 Å². The summed E-state index contributed by atoms with van der Waals surface area (Å²) in [6.45, 7) is 1.89. The van der Waals surface area contributed by atoms with E-state index in [2.05, 4.69) is 22.9 Å². The fraction of sp³-hybridized carbons (Fsp3) is 0.538. The summed E-state index contributed by atoms with van der Waals surface area (Å²) in [5.74, 6) is 1.05. The van der Waals surface area contributed by atoms with Crippen LogP contribution in [0, 0.1) is 0 Å². The van der Waals surface area contributed by atoms with Crippen molar-refractivity contribution in [3.8, 4) is 5.75 Å². The number of hydrogen-bond acceptors (Lipinski definition) is 3. The lowest BCUT2D eigenvalue weighted by Gasteiger charge is -2.19. The van der Waals surface area contributed by atoms with Crippen LogP contribution in [-0.2, 0) is 0 Å². The Morgan fingerprint density at radius 1 is 1.41 bits per heavy atom. The Kier molecular flexibility index (Phi) is 5.95. The Labute approximate surface area is 111 Å². The molecule has 2 N–H and O–H groups in total. The summed E-state index contributed by atoms with van der Waals surface area (Å²) in [6, 6.07) is 5.92. The van der Waals surface area contributed by atoms with Gasteiger partial charge < -0.3 is 14.9 Å². The van der Waals surface area contributed by atoms with Crippen LogP contribution < -0.4 is 4.74 Å². The predicted molar refractivity (Wildman–Crippen MR) is 71.4 cm³/mol. The van der Waals surface area contributed by atoms with Gasteiger partial charge in [0.1, 0.15) is 5.75 Å². The minimum Gasteiger partial charge on any atom is -0.496 e. The number of ether oxygens (including phenoxy) is 1. The Morgan fingerprint density at radius 3 is 2.59 bits per heavy atom. The molecule has 0 saturated heterocycles. The molecule has 2 atom stereocenters. The van der Waals surface area contributed by atoms with Crippen LogP contribution in [-0.4, -0.2) is 30.0 Å². The van der Waals surface area contributed by atoms with Crippen LogP contribution in [0.2, 0.25) is 0 Å². The van der Waals surface area contributed by atoms with Gasteiger partial charge in [0.25, 0.3) is 0 Å². The van der Waals surface area contributed by atoms with E-state index in [0.29, 0.717) is 6.42 Å². The van der Waals surface area contributed by atoms with E-state index in [4.69, 9.17) is 9.84 Å². The van der Waals surface area contributed by atoms with Gasteiger partial charge >= 0.3 is 0 Å². The summed E-state index contributed by atoms with van der Waals surface area (Å²) in [5.41, 5.74) is 1.15. The minimum absolute atomic E-state index is 0.187. The van der Waals surface area contributed by atoms with Gasteiger partial charge in [-0.15, -0.1) is 0 Å². The van der Waals surface area contributed by atoms with Gasteiger partial charge in [0, 0.05) is 0 Å². The minimum atomic E-state index is -0.652. The quantitative estimate of drug-likeness (QED) is 0.849. The second-order valence-electron chi connectivity index (χ2n) is 4.07. The fourth-order valence-electron chi connectivity index (χ4n) is 1.88. The first kappa shape index (κ1) is 14.5. The highest BCUT2D eigenvalue weighted by atomic mass is 79.9. The van der Waals surface area contributed by atoms with E-state index in [1.807, 2.05) is 18.2 Å². The molecule has 0 saturated carbocycles. The topological polar surface area (TPSA) is 49.7 Å². The van der Waals surface area contributed by atoms with Crippen molar-refractivity contribution in [2.24, 2.45) is 0 Å². The van der Waals surface area contributed by atoms with Crippen LogP contribution in [0.4, 0.5) is 0 Å². The largest absolute Gasteiger partial charge is 0.496 e. The smallest absolute Gasteiger partial charge is 0.133 e. The van der Waals surface area contributed by atoms with Crippen molar-refractivity contribution < 1.29 is 14.9 Å². The van der Waals surface area contributed by atoms with Crippen molar-refractivity contribution in [1.29, 1.82) is 0 Å². The molecule has 0 radical (unpaired) electrons. The number of hydrogen-bond donors (Lipinski definition) is 2. The SMILES string of the molecule is CCC(CC(O)CO)c1ccc(OC)c(Br)c1. The zero-order chi connectivity index (χ0) is 12.8. The monoisotopic (exact) mass is 302 g/mol. The number of halogens is 1. The van der Waals surface area contributed by atoms with E-state index in [1.54, 1.807) is 7.11 Å². The van der Waals surface area contributed by atoms with Gasteiger partial charge in [-0.05, 0) is 52.4 Å². The van der Waals surface area contributed by atoms with Gasteiger partial charge in [-0.2, -0.15) is 0 Å². The standard InChI is InChI=1S/C13H19BrO3/c1-3-9(6-11(16)8-15)10-4-5-13(17-2)12(14)7-10/h4-5,7,9,11,15-16H,3,6,8H2,1-2H3. The molecule has 2 unspecified atom stereocenters. The third-order valence-electron chi connectivity index (χ3n) is 2.91. The van der Waals surface area contributed by atoms with E-state index >= 15 is 0 Å². The molecule has 0 aliphatic heterocycles. The number of methoxy groups -OCH3 is 1. The summed E-state index contributed by atoms with van der Waals surface area (Å²) in [5, 5.41) is 18.4. The molecule has 0 bridgehead atoms. The number of aliphatic hydroxyl groups excluding tert-OH is 2. The van der Waals surface area contributed by atoms with E-state index < -0.39 is 6.10 Å². The molecule has 0 aliphatic carbocycles. The molecule has 4 heteroatoms. The third-order valence-corrected chi connectivity index (χ3v) is 3.53. The van der Waals surface area contributed by atoms with Crippen molar-refractivity contribution in [2.75, 3.05) is 13.7 Å². The molecule has 3 nitrogen and oxygen atoms in total. The maximum Gasteiger partial charge on any atom is 0.133 e. The van der Waals surface area contributed by atoms with Crippen LogP contribution in [0.15, 0.2) is 22.7 Å². The summed E-state index contributed by atoms with van der Waals surface area (Å²) in [4.78, 5) is 0. The van der Waals surface area contributed by atoms with Crippen LogP contribution in [0.25, 0.3) is 0 Å². The first-order valence-electron chi connectivity index (χ1n) is 5.74. The van der Waals surface area contributed by atoms with Gasteiger partial charge in [0.2, 0.25) is 0 Å². The summed E-state index contributed by atoms with van der Waals surface area (Å²) >= 11 is 3.45. The highest BCUT2D eigenvalue weighted by Gasteiger charge is 2.15. The molecule has 0 aliphatic rings. The molecule has 0 amide bonds. The second kappa shape index (κ2) is 6.99. The van der Waals surface area contributed by atoms with Crippen LogP contribution >= 0.6 is 15.9 Å². The first-order chi connectivity index (χ1) is 8.12. The average Bonchev–Trinajstić information content (AvgIpc) is 2.35. The normalized spacial score (nSPS) is 14.4. The van der Waals surface area contributed by atoms with Gasteiger partial charge in [-0.25, -0.2) is 0 Å². The molecule has 0 fully saturated rings. The maximum atomic E-state index is 9.50. The highest BCUT2D eigenvalue weighted by molar-refractivity contribution is 9.10. The lowest BCUT2D eigenvalue weighted by molar-refractivity contribution is 0.0817. The van der Waals surface area contributed by atoms with E-state index in [1.165, 1.54) is 0 Å². The molecule has 0 heterocycles. The Morgan fingerprint density at radius 2 is 2.12 bits per heavy atom. The van der Waals surface area contributed by atoms with Crippen LogP contribution in [0.1, 0.15) is 31.2 Å². The summed E-state index contributed by atoms with van der Waals surface area (Å²) < 4.78 is 6.09. The van der Waals surface area contributed by atoms with Gasteiger partial charge in [0.15, 0.2) is 0 Å². The Hall–Kier alpha value is -0.580. The molecular formula is C13H19BrO3. The van der Waals surface area contributed by atoms with Gasteiger partial charge in [-0.1, -0.05) is 13.0 Å². The van der Waals surface area contributed by atoms with Crippen molar-refractivity contribution in [2.45, 2.75) is 31.8 Å². The van der Waals surface area contributed by atoms with E-state index in [0.717, 1.165) is 22.2 Å². The molecule has 1 rings (SSSR count). The molecule has 96 valence electrons. The van der Waals surface area contributed by atoms with Gasteiger partial charge in [0.05, 0.1) is 24.3 Å². The van der Waals surface area contributed by atoms with E-state index in [9.17, 15) is 5.11 Å². The van der Waals surface area contributed by atoms with Crippen molar-refractivity contribution in [1.82, 2.24) is 0 Å². The molecule has 1 aromatic rings. The zero-order valence-corrected chi connectivity index (χ0v) is 11.8. The molecular weight excluding hydrogens is 284 g/mol. The van der Waals surface area contributed by atoms with Crippen LogP contribution in [0.3, 0.4) is 0 Å². The molecule has 0 spiro atoms. The predicted octanol–water partition coefficient (Wildman–Crippen LogP) is 2.69. The van der Waals surface area contributed by atoms with Gasteiger partial charge in [-0.3, -0.25) is 0 Å². The van der Waals surface area contributed by atoms with Crippen molar-refractivity contribution in [3.63, 3.8) is 0 Å². The van der Waals surface area contributed by atoms with Crippen LogP contribution in [0.5, 0.6) is 5.75 Å². The maximum absolute atomic E-state index is 9.50. The highest BCUT2D eigenvalue weighted by Crippen LogP contribution is 2.32. The Balaban J connectivity index is 2.85. The molecule has 0 aromatic heterocycles. The Bertz CT molecular complexity index is 355. The summed E-state index contributed by atoms with van der Waals surface area (Å²) in [6.07, 6.45) is 0.850. The van der Waals surface area contributed by atoms with Crippen molar-refractivity contribution >= 4 is 15.9 Å². The number of benzene rings is 1. The first-order valence-corrected chi connectivity index (χ1v) is 6.54. The lowest BCUT2D eigenvalue weighted by Crippen LogP contribution is -2.16. The molecule has 1 aromatic carbocycles. The zero-order valence-electron chi connectivity index (χ0n) is 10.2. The lowest BCUT2D eigenvalue weighted by atomic mass is 9.91. The molecule has 17 heavy (non-hydrogen) atoms. The van der Waals surface area contributed by atoms with E-state index in [-0.39, 0.29) is 12.5 Å². The average molecular weight is 303 g/mol. The number of aliphatic hydroxyl groups is 2. The summed E-state index contributed by atoms with van der Waals surface area (Å²) in [7, 11) is 1.63. The second-order valence-corrected chi connectivity index (χ2v) is 4.93. The fourth-order valence-corrected chi connectivity index (χ4v) is 2.44.